The second-order valence-electron chi connectivity index (χ2n) is 14.1. The second-order valence-corrected chi connectivity index (χ2v) is 14.1. The van der Waals surface area contributed by atoms with E-state index in [1.165, 1.54) is 19.3 Å². The Morgan fingerprint density at radius 2 is 1.18 bits per heavy atom. The van der Waals surface area contributed by atoms with Gasteiger partial charge < -0.3 is 25.5 Å². The number of aromatic hydroxyl groups is 4. The van der Waals surface area contributed by atoms with E-state index in [2.05, 4.69) is 41.8 Å². The lowest BCUT2D eigenvalue weighted by molar-refractivity contribution is 0.0692. The molecule has 0 aromatic heterocycles. The third-order valence-corrected chi connectivity index (χ3v) is 10.5. The molecular formula is C42H63BO6. The van der Waals surface area contributed by atoms with Crippen molar-refractivity contribution in [3.63, 3.8) is 0 Å². The first-order valence-electron chi connectivity index (χ1n) is 19.2. The van der Waals surface area contributed by atoms with Crippen LogP contribution in [0.15, 0.2) is 42.5 Å². The van der Waals surface area contributed by atoms with Crippen LogP contribution in [0.3, 0.4) is 0 Å². The van der Waals surface area contributed by atoms with Crippen molar-refractivity contribution in [2.75, 3.05) is 0 Å². The van der Waals surface area contributed by atoms with E-state index >= 15 is 0 Å². The van der Waals surface area contributed by atoms with Crippen LogP contribution in [0.25, 0.3) is 0 Å². The number of unbranched alkanes of at least 4 members (excludes halogenated alkanes) is 4. The molecule has 2 radical (unpaired) electrons. The molecule has 6 nitrogen and oxygen atoms in total. The number of aryl methyl sites for hydroxylation is 2. The lowest BCUT2D eigenvalue weighted by atomic mass is 9.71. The molecule has 2 aliphatic carbocycles. The minimum absolute atomic E-state index is 0. The summed E-state index contributed by atoms with van der Waals surface area (Å²) in [6.45, 7) is 16.5. The normalized spacial score (nSPS) is 20.5. The zero-order valence-electron chi connectivity index (χ0n) is 31.7. The summed E-state index contributed by atoms with van der Waals surface area (Å²) in [5.74, 6) is -0.161. The minimum atomic E-state index is -1.13. The van der Waals surface area contributed by atoms with Crippen molar-refractivity contribution >= 4 is 13.8 Å². The maximum atomic E-state index is 11.8. The standard InChI is InChI=1S/C21H30O4.C20H30O2.CH3B/c1-4-5-6-9-14-12-17(22)19(20(23)18(14)21(24)25)16-11-8-7-10-15(16)13(2)3;1-4-5-6-9-15-12-18(21)20(19(22)13-15)17-11-8-7-10-16(17)14(2)3;1-2/h12,15-16,22-23H,2,4-11H2,1,3H3,(H,24,25);12-13,16-17,21-22H,2,4-11H2,1,3H3;1H3/t15-,16?;16-,17?;/m00./s1/i;;1D. The van der Waals surface area contributed by atoms with Gasteiger partial charge in [0.15, 0.2) is 0 Å². The van der Waals surface area contributed by atoms with E-state index in [0.29, 0.717) is 23.5 Å². The van der Waals surface area contributed by atoms with E-state index < -0.39 is 5.97 Å². The summed E-state index contributed by atoms with van der Waals surface area (Å²) < 4.78 is 5.99. The van der Waals surface area contributed by atoms with Crippen LogP contribution < -0.4 is 0 Å². The molecule has 0 spiro atoms. The number of aromatic carboxylic acids is 1. The Bertz CT molecular complexity index is 1380. The molecule has 4 rings (SSSR count). The number of hydrogen-bond donors (Lipinski definition) is 5. The fourth-order valence-electron chi connectivity index (χ4n) is 8.01. The second kappa shape index (κ2) is 21.0. The fraction of sp³-hybridized carbons (Fsp3) is 0.595. The molecule has 0 aliphatic heterocycles. The summed E-state index contributed by atoms with van der Waals surface area (Å²) in [5, 5.41) is 52.0. The van der Waals surface area contributed by atoms with Crippen LogP contribution in [-0.4, -0.2) is 39.3 Å². The molecule has 5 N–H and O–H groups in total. The van der Waals surface area contributed by atoms with Crippen LogP contribution in [0, 0.1) is 11.8 Å². The summed E-state index contributed by atoms with van der Waals surface area (Å²) in [6.07, 6.45) is 16.2. The monoisotopic (exact) mass is 675 g/mol. The van der Waals surface area contributed by atoms with E-state index in [-0.39, 0.29) is 53.1 Å². The number of phenols is 4. The van der Waals surface area contributed by atoms with E-state index in [9.17, 15) is 30.3 Å². The van der Waals surface area contributed by atoms with Gasteiger partial charge in [-0.15, -0.1) is 0 Å². The van der Waals surface area contributed by atoms with Gasteiger partial charge in [0, 0.05) is 12.5 Å². The highest BCUT2D eigenvalue weighted by atomic mass is 16.4. The average molecular weight is 676 g/mol. The first kappa shape index (κ1) is 40.1. The predicted molar refractivity (Wildman–Crippen MR) is 204 cm³/mol. The zero-order chi connectivity index (χ0) is 37.4. The summed E-state index contributed by atoms with van der Waals surface area (Å²) in [7, 11) is 4.51. The molecule has 0 heterocycles. The van der Waals surface area contributed by atoms with Gasteiger partial charge in [0.25, 0.3) is 0 Å². The highest BCUT2D eigenvalue weighted by Gasteiger charge is 2.34. The smallest absolute Gasteiger partial charge is 0.339 e. The molecule has 2 fully saturated rings. The topological polar surface area (TPSA) is 118 Å². The van der Waals surface area contributed by atoms with Gasteiger partial charge in [0.2, 0.25) is 0 Å². The summed E-state index contributed by atoms with van der Waals surface area (Å²) >= 11 is 0. The number of phenolic OH excluding ortho intramolecular Hbond substituents is 3. The van der Waals surface area contributed by atoms with Gasteiger partial charge in [0.05, 0.1) is 7.85 Å². The summed E-state index contributed by atoms with van der Waals surface area (Å²) in [5.41, 5.74) is 4.83. The lowest BCUT2D eigenvalue weighted by Crippen LogP contribution is -2.20. The molecule has 270 valence electrons. The molecule has 0 amide bonds. The van der Waals surface area contributed by atoms with Gasteiger partial charge in [-0.25, -0.2) is 4.79 Å². The maximum Gasteiger partial charge on any atom is 0.339 e. The van der Waals surface area contributed by atoms with Crippen LogP contribution in [0.4, 0.5) is 0 Å². The molecule has 4 atom stereocenters. The van der Waals surface area contributed by atoms with Gasteiger partial charge in [-0.3, -0.25) is 0 Å². The predicted octanol–water partition coefficient (Wildman–Crippen LogP) is 11.3. The number of carbonyl (C=O) groups is 1. The van der Waals surface area contributed by atoms with Crippen molar-refractivity contribution in [2.45, 2.75) is 149 Å². The first-order chi connectivity index (χ1) is 23.8. The Hall–Kier alpha value is -3.35. The number of rotatable bonds is 13. The van der Waals surface area contributed by atoms with Crippen molar-refractivity contribution < 1.29 is 31.7 Å². The molecule has 2 saturated carbocycles. The molecule has 49 heavy (non-hydrogen) atoms. The quantitative estimate of drug-likeness (QED) is 0.0819. The number of allylic oxidation sites excluding steroid dienone is 2. The third-order valence-electron chi connectivity index (χ3n) is 10.5. The molecular weight excluding hydrogens is 611 g/mol. The van der Waals surface area contributed by atoms with Crippen LogP contribution in [0.2, 0.25) is 6.80 Å². The number of carboxylic acids is 1. The zero-order valence-corrected chi connectivity index (χ0v) is 30.7. The molecule has 2 unspecified atom stereocenters. The number of carboxylic acid groups (broad SMARTS) is 1. The SMILES string of the molecule is C=C(C)[C@@H]1CCCCC1c1c(O)cc(CCCCC)c(C(=O)O)c1O.C=C(C)[C@@H]1CCCCC1c1c(O)cc(CCCCC)cc1O.[2H]C[B]. The molecule has 2 aromatic carbocycles. The Balaban J connectivity index is 0.000000324. The molecule has 0 bridgehead atoms. The average Bonchev–Trinajstić information content (AvgIpc) is 3.05. The Kier molecular flexibility index (Phi) is 17.2. The van der Waals surface area contributed by atoms with E-state index in [0.717, 1.165) is 99.3 Å². The van der Waals surface area contributed by atoms with Crippen LogP contribution >= 0.6 is 0 Å². The van der Waals surface area contributed by atoms with Gasteiger partial charge in [0.1, 0.15) is 28.6 Å². The largest absolute Gasteiger partial charge is 0.508 e. The molecule has 7 heteroatoms. The van der Waals surface area contributed by atoms with Gasteiger partial charge >= 0.3 is 5.97 Å². The highest BCUT2D eigenvalue weighted by molar-refractivity contribution is 6.05. The Labute approximate surface area is 299 Å². The van der Waals surface area contributed by atoms with Crippen molar-refractivity contribution in [2.24, 2.45) is 11.8 Å². The van der Waals surface area contributed by atoms with Gasteiger partial charge in [-0.05, 0) is 118 Å². The van der Waals surface area contributed by atoms with Gasteiger partial charge in [-0.1, -0.05) is 96.3 Å². The number of benzene rings is 2. The van der Waals surface area contributed by atoms with Crippen LogP contribution in [0.5, 0.6) is 23.0 Å². The molecule has 2 aliphatic rings. The van der Waals surface area contributed by atoms with Crippen molar-refractivity contribution in [1.29, 1.82) is 0 Å². The van der Waals surface area contributed by atoms with E-state index in [1.54, 1.807) is 6.07 Å². The summed E-state index contributed by atoms with van der Waals surface area (Å²) in [6, 6.07) is 5.27. The Morgan fingerprint density at radius 1 is 0.755 bits per heavy atom. The fourth-order valence-corrected chi connectivity index (χ4v) is 8.01. The van der Waals surface area contributed by atoms with E-state index in [1.807, 2.05) is 19.1 Å². The first-order valence-corrected chi connectivity index (χ1v) is 18.5. The highest BCUT2D eigenvalue weighted by Crippen LogP contribution is 2.50. The van der Waals surface area contributed by atoms with Gasteiger partial charge in [-0.2, -0.15) is 0 Å². The van der Waals surface area contributed by atoms with Crippen LogP contribution in [0.1, 0.15) is 163 Å². The van der Waals surface area contributed by atoms with Crippen molar-refractivity contribution in [3.8, 4) is 23.0 Å². The number of hydrogen-bond acceptors (Lipinski definition) is 5. The Morgan fingerprint density at radius 3 is 1.63 bits per heavy atom. The minimum Gasteiger partial charge on any atom is -0.508 e. The lowest BCUT2D eigenvalue weighted by Gasteiger charge is -2.33. The summed E-state index contributed by atoms with van der Waals surface area (Å²) in [4.78, 5) is 11.8. The molecule has 0 saturated heterocycles. The van der Waals surface area contributed by atoms with Crippen molar-refractivity contribution in [3.05, 3.63) is 70.3 Å². The van der Waals surface area contributed by atoms with Crippen molar-refractivity contribution in [1.82, 2.24) is 0 Å². The van der Waals surface area contributed by atoms with E-state index in [4.69, 9.17) is 1.37 Å². The molecule has 2 aromatic rings. The third kappa shape index (κ3) is 11.3. The van der Waals surface area contributed by atoms with Crippen LogP contribution in [-0.2, 0) is 12.8 Å². The maximum absolute atomic E-state index is 11.8.